The topological polar surface area (TPSA) is 76.6 Å². The van der Waals surface area contributed by atoms with E-state index in [2.05, 4.69) is 15.3 Å². The van der Waals surface area contributed by atoms with Crippen LogP contribution in [-0.2, 0) is 9.53 Å². The first-order valence-corrected chi connectivity index (χ1v) is 10.5. The van der Waals surface area contributed by atoms with Crippen LogP contribution in [0.3, 0.4) is 0 Å². The molecule has 0 bridgehead atoms. The highest BCUT2D eigenvalue weighted by molar-refractivity contribution is 7.21. The lowest BCUT2D eigenvalue weighted by Gasteiger charge is -2.35. The highest BCUT2D eigenvalue weighted by Crippen LogP contribution is 2.33. The summed E-state index contributed by atoms with van der Waals surface area (Å²) in [6, 6.07) is 3.77. The number of nitrogens with one attached hydrogen (secondary N) is 1. The van der Waals surface area contributed by atoms with Gasteiger partial charge in [-0.15, -0.1) is 0 Å². The number of alkyl halides is 1. The number of ether oxygens (including phenoxy) is 2. The number of hydrogen-bond acceptors (Lipinski definition) is 7. The molecule has 4 rings (SSSR count). The third-order valence-corrected chi connectivity index (χ3v) is 6.04. The van der Waals surface area contributed by atoms with Gasteiger partial charge in [-0.2, -0.15) is 0 Å². The smallest absolute Gasteiger partial charge is 0.217 e. The fourth-order valence-corrected chi connectivity index (χ4v) is 4.35. The zero-order valence-electron chi connectivity index (χ0n) is 16.1. The molecule has 9 heteroatoms. The van der Waals surface area contributed by atoms with Gasteiger partial charge < -0.3 is 19.7 Å². The van der Waals surface area contributed by atoms with Gasteiger partial charge in [-0.3, -0.25) is 4.79 Å². The third kappa shape index (κ3) is 4.52. The number of aromatic nitrogens is 2. The van der Waals surface area contributed by atoms with Crippen molar-refractivity contribution in [3.05, 3.63) is 12.1 Å². The van der Waals surface area contributed by atoms with Gasteiger partial charge in [-0.05, 0) is 31.7 Å². The van der Waals surface area contributed by atoms with Gasteiger partial charge >= 0.3 is 0 Å². The Morgan fingerprint density at radius 1 is 1.39 bits per heavy atom. The van der Waals surface area contributed by atoms with Crippen LogP contribution < -0.4 is 15.0 Å². The van der Waals surface area contributed by atoms with E-state index in [1.807, 2.05) is 24.0 Å². The fourth-order valence-electron chi connectivity index (χ4n) is 3.40. The van der Waals surface area contributed by atoms with Crippen molar-refractivity contribution in [2.24, 2.45) is 5.92 Å². The fraction of sp³-hybridized carbons (Fsp3) is 0.632. The molecule has 1 atom stereocenters. The molecule has 3 heterocycles. The van der Waals surface area contributed by atoms with E-state index in [0.29, 0.717) is 38.1 Å². The summed E-state index contributed by atoms with van der Waals surface area (Å²) >= 11 is 1.47. The molecule has 7 nitrogen and oxygen atoms in total. The number of fused-ring (bicyclic) bond motifs is 1. The van der Waals surface area contributed by atoms with Gasteiger partial charge in [0.25, 0.3) is 0 Å². The van der Waals surface area contributed by atoms with Gasteiger partial charge in [-0.25, -0.2) is 14.4 Å². The lowest BCUT2D eigenvalue weighted by atomic mass is 9.83. The molecule has 0 unspecified atom stereocenters. The zero-order chi connectivity index (χ0) is 19.7. The van der Waals surface area contributed by atoms with Crippen LogP contribution in [0.25, 0.3) is 10.3 Å². The van der Waals surface area contributed by atoms with Crippen molar-refractivity contribution >= 4 is 32.7 Å². The molecule has 2 fully saturated rings. The maximum absolute atomic E-state index is 13.0. The molecule has 2 aliphatic rings. The molecular weight excluding hydrogens is 383 g/mol. The van der Waals surface area contributed by atoms with Crippen molar-refractivity contribution in [2.45, 2.75) is 45.0 Å². The maximum atomic E-state index is 13.0. The second-order valence-electron chi connectivity index (χ2n) is 7.68. The van der Waals surface area contributed by atoms with Gasteiger partial charge in [0.2, 0.25) is 11.8 Å². The van der Waals surface area contributed by atoms with E-state index in [-0.39, 0.29) is 18.1 Å². The minimum atomic E-state index is -0.747. The Hall–Kier alpha value is -2.00. The highest BCUT2D eigenvalue weighted by Gasteiger charge is 2.31. The van der Waals surface area contributed by atoms with E-state index in [1.165, 1.54) is 18.3 Å². The monoisotopic (exact) mass is 408 g/mol. The van der Waals surface area contributed by atoms with E-state index < -0.39 is 6.17 Å². The maximum Gasteiger partial charge on any atom is 0.217 e. The number of thiazole rings is 1. The Labute approximate surface area is 167 Å². The molecule has 0 aromatic carbocycles. The minimum absolute atomic E-state index is 0.0278. The van der Waals surface area contributed by atoms with Crippen LogP contribution in [0.4, 0.5) is 9.52 Å². The third-order valence-electron chi connectivity index (χ3n) is 5.02. The van der Waals surface area contributed by atoms with Crippen LogP contribution in [0, 0.1) is 5.92 Å². The Kier molecular flexibility index (Phi) is 5.63. The number of hydrogen-bond donors (Lipinski definition) is 1. The first-order valence-electron chi connectivity index (χ1n) is 9.64. The molecule has 1 amide bonds. The Morgan fingerprint density at radius 3 is 2.89 bits per heavy atom. The molecular formula is C19H25FN4O3S. The number of carbonyl (C=O) groups is 1. The van der Waals surface area contributed by atoms with E-state index in [9.17, 15) is 9.18 Å². The Balaban J connectivity index is 1.20. The van der Waals surface area contributed by atoms with Gasteiger partial charge in [0, 0.05) is 19.0 Å². The standard InChI is InChI=1S/C19H25FN4O3S/c1-11(21-12(2)25)9-26-15-5-13(6-15)10-27-17-4-3-16-18(23-17)28-19(22-16)24-7-14(20)8-24/h3-4,11,13-15H,5-10H2,1-2H3,(H,21,25)/t11-,13?,15?/m0/s1. The molecule has 2 aromatic heterocycles. The SMILES string of the molecule is CC(=O)N[C@@H](C)COC1CC(COc2ccc3nc(N4CC(F)C4)sc3n2)C1. The summed E-state index contributed by atoms with van der Waals surface area (Å²) in [5, 5.41) is 3.63. The van der Waals surface area contributed by atoms with Crippen LogP contribution >= 0.6 is 11.3 Å². The van der Waals surface area contributed by atoms with Gasteiger partial charge in [0.15, 0.2) is 5.13 Å². The van der Waals surface area contributed by atoms with E-state index in [4.69, 9.17) is 9.47 Å². The summed E-state index contributed by atoms with van der Waals surface area (Å²) in [6.07, 6.45) is 1.40. The quantitative estimate of drug-likeness (QED) is 0.723. The van der Waals surface area contributed by atoms with E-state index >= 15 is 0 Å². The number of carbonyl (C=O) groups excluding carboxylic acids is 1. The molecule has 0 spiro atoms. The number of amides is 1. The lowest BCUT2D eigenvalue weighted by molar-refractivity contribution is -0.120. The number of halogens is 1. The average Bonchev–Trinajstić information content (AvgIpc) is 2.99. The second kappa shape index (κ2) is 8.16. The van der Waals surface area contributed by atoms with E-state index in [1.54, 1.807) is 0 Å². The van der Waals surface area contributed by atoms with Crippen LogP contribution in [0.2, 0.25) is 0 Å². The molecule has 1 saturated heterocycles. The van der Waals surface area contributed by atoms with Crippen LogP contribution in [0.15, 0.2) is 12.1 Å². The Morgan fingerprint density at radius 2 is 2.18 bits per heavy atom. The lowest BCUT2D eigenvalue weighted by Crippen LogP contribution is -2.48. The Bertz CT molecular complexity index is 836. The van der Waals surface area contributed by atoms with Crippen molar-refractivity contribution < 1.29 is 18.7 Å². The summed E-state index contributed by atoms with van der Waals surface area (Å²) in [7, 11) is 0. The zero-order valence-corrected chi connectivity index (χ0v) is 16.9. The molecule has 152 valence electrons. The average molecular weight is 408 g/mol. The molecule has 1 aliphatic heterocycles. The molecule has 1 N–H and O–H groups in total. The van der Waals surface area contributed by atoms with Gasteiger partial charge in [0.1, 0.15) is 16.5 Å². The van der Waals surface area contributed by atoms with Gasteiger partial charge in [0.05, 0.1) is 32.4 Å². The van der Waals surface area contributed by atoms with Crippen molar-refractivity contribution in [3.63, 3.8) is 0 Å². The predicted octanol–water partition coefficient (Wildman–Crippen LogP) is 2.55. The second-order valence-corrected chi connectivity index (χ2v) is 8.63. The van der Waals surface area contributed by atoms with Gasteiger partial charge in [-0.1, -0.05) is 11.3 Å². The van der Waals surface area contributed by atoms with Crippen LogP contribution in [0.1, 0.15) is 26.7 Å². The van der Waals surface area contributed by atoms with Crippen molar-refractivity contribution in [1.82, 2.24) is 15.3 Å². The normalized spacial score (nSPS) is 23.2. The molecule has 1 saturated carbocycles. The number of rotatable bonds is 8. The van der Waals surface area contributed by atoms with Crippen molar-refractivity contribution in [3.8, 4) is 5.88 Å². The summed E-state index contributed by atoms with van der Waals surface area (Å²) in [4.78, 5) is 22.8. The van der Waals surface area contributed by atoms with Crippen LogP contribution in [-0.4, -0.2) is 60.5 Å². The van der Waals surface area contributed by atoms with Crippen molar-refractivity contribution in [2.75, 3.05) is 31.2 Å². The first-order chi connectivity index (χ1) is 13.5. The van der Waals surface area contributed by atoms with E-state index in [0.717, 1.165) is 28.3 Å². The summed E-state index contributed by atoms with van der Waals surface area (Å²) in [5.41, 5.74) is 0.819. The minimum Gasteiger partial charge on any atom is -0.477 e. The predicted molar refractivity (Wildman–Crippen MR) is 106 cm³/mol. The van der Waals surface area contributed by atoms with Crippen molar-refractivity contribution in [1.29, 1.82) is 0 Å². The number of nitrogens with zero attached hydrogens (tertiary/aromatic N) is 3. The van der Waals surface area contributed by atoms with Crippen LogP contribution in [0.5, 0.6) is 5.88 Å². The molecule has 1 aliphatic carbocycles. The largest absolute Gasteiger partial charge is 0.477 e. The summed E-state index contributed by atoms with van der Waals surface area (Å²) in [6.45, 7) is 5.42. The number of pyridine rings is 1. The highest BCUT2D eigenvalue weighted by atomic mass is 32.1. The summed E-state index contributed by atoms with van der Waals surface area (Å²) in [5.74, 6) is 1.02. The molecule has 0 radical (unpaired) electrons. The first kappa shape index (κ1) is 19.3. The summed E-state index contributed by atoms with van der Waals surface area (Å²) < 4.78 is 24.7. The number of anilines is 1. The molecule has 2 aromatic rings. The molecule has 28 heavy (non-hydrogen) atoms.